The maximum absolute atomic E-state index is 13.8. The Hall–Kier alpha value is -2.77. The predicted octanol–water partition coefficient (Wildman–Crippen LogP) is 2.37. The molecule has 2 amide bonds. The Morgan fingerprint density at radius 2 is 1.91 bits per heavy atom. The third kappa shape index (κ3) is 3.91. The van der Waals surface area contributed by atoms with E-state index in [1.165, 1.54) is 6.26 Å². The van der Waals surface area contributed by atoms with Gasteiger partial charge >= 0.3 is 0 Å². The monoisotopic (exact) mass is 326 g/mol. The predicted molar refractivity (Wildman–Crippen MR) is 74.9 cm³/mol. The number of carbonyl (C=O) groups excluding carboxylic acids is 2. The van der Waals surface area contributed by atoms with Gasteiger partial charge < -0.3 is 14.6 Å². The van der Waals surface area contributed by atoms with Gasteiger partial charge in [0.05, 0.1) is 18.5 Å². The summed E-state index contributed by atoms with van der Waals surface area (Å²) in [6.45, 7) is 0.621. The lowest BCUT2D eigenvalue weighted by atomic mass is 10.2. The highest BCUT2D eigenvalue weighted by Crippen LogP contribution is 2.23. The molecule has 0 aliphatic rings. The van der Waals surface area contributed by atoms with Crippen LogP contribution in [0, 0.1) is 17.5 Å². The highest BCUT2D eigenvalue weighted by atomic mass is 19.2. The zero-order valence-electron chi connectivity index (χ0n) is 12.1. The van der Waals surface area contributed by atoms with Gasteiger partial charge in [0, 0.05) is 6.92 Å². The number of furan rings is 1. The Morgan fingerprint density at radius 3 is 2.52 bits per heavy atom. The van der Waals surface area contributed by atoms with Gasteiger partial charge in [-0.3, -0.25) is 9.59 Å². The molecule has 0 saturated carbocycles. The van der Waals surface area contributed by atoms with Crippen molar-refractivity contribution in [1.29, 1.82) is 0 Å². The summed E-state index contributed by atoms with van der Waals surface area (Å²) in [6, 6.07) is 4.86. The van der Waals surface area contributed by atoms with Crippen LogP contribution in [0.3, 0.4) is 0 Å². The lowest BCUT2D eigenvalue weighted by Gasteiger charge is -2.21. The van der Waals surface area contributed by atoms with Crippen LogP contribution in [-0.2, 0) is 16.1 Å². The van der Waals surface area contributed by atoms with Gasteiger partial charge in [-0.25, -0.2) is 13.2 Å². The Balaban J connectivity index is 2.11. The molecule has 2 aromatic rings. The summed E-state index contributed by atoms with van der Waals surface area (Å²) in [5.74, 6) is -5.42. The smallest absolute Gasteiger partial charge is 0.240 e. The Kier molecular flexibility index (Phi) is 5.05. The van der Waals surface area contributed by atoms with Gasteiger partial charge in [-0.05, 0) is 24.3 Å². The van der Waals surface area contributed by atoms with Crippen LogP contribution < -0.4 is 10.2 Å². The fourth-order valence-corrected chi connectivity index (χ4v) is 1.89. The van der Waals surface area contributed by atoms with E-state index in [9.17, 15) is 22.8 Å². The molecule has 23 heavy (non-hydrogen) atoms. The Bertz CT molecular complexity index is 717. The molecule has 0 atom stereocenters. The molecule has 2 rings (SSSR count). The van der Waals surface area contributed by atoms with E-state index in [1.807, 2.05) is 0 Å². The largest absolute Gasteiger partial charge is 0.467 e. The molecule has 1 N–H and O–H groups in total. The van der Waals surface area contributed by atoms with Crippen LogP contribution in [0.15, 0.2) is 34.9 Å². The van der Waals surface area contributed by atoms with E-state index in [-0.39, 0.29) is 6.54 Å². The summed E-state index contributed by atoms with van der Waals surface area (Å²) >= 11 is 0. The maximum Gasteiger partial charge on any atom is 0.240 e. The standard InChI is InChI=1S/C15H13F3N2O3/c1-9(21)20(12-5-4-11(16)14(17)15(12)18)8-13(22)19-7-10-3-2-6-23-10/h2-6H,7-8H2,1H3,(H,19,22). The van der Waals surface area contributed by atoms with Gasteiger partial charge in [0.2, 0.25) is 11.8 Å². The zero-order valence-corrected chi connectivity index (χ0v) is 12.1. The number of rotatable bonds is 5. The molecule has 0 aliphatic heterocycles. The van der Waals surface area contributed by atoms with Crippen molar-refractivity contribution in [3.05, 3.63) is 53.7 Å². The molecule has 0 unspecified atom stereocenters. The molecular formula is C15H13F3N2O3. The van der Waals surface area contributed by atoms with Crippen LogP contribution in [0.4, 0.5) is 18.9 Å². The van der Waals surface area contributed by atoms with E-state index in [1.54, 1.807) is 12.1 Å². The first-order chi connectivity index (χ1) is 10.9. The van der Waals surface area contributed by atoms with Gasteiger partial charge in [0.15, 0.2) is 17.5 Å². The minimum atomic E-state index is -1.70. The third-order valence-corrected chi connectivity index (χ3v) is 3.03. The lowest BCUT2D eigenvalue weighted by molar-refractivity contribution is -0.123. The quantitative estimate of drug-likeness (QED) is 0.858. The van der Waals surface area contributed by atoms with Crippen molar-refractivity contribution in [2.45, 2.75) is 13.5 Å². The van der Waals surface area contributed by atoms with Crippen molar-refractivity contribution in [1.82, 2.24) is 5.32 Å². The van der Waals surface area contributed by atoms with E-state index in [0.29, 0.717) is 11.8 Å². The molecule has 1 aromatic heterocycles. The number of nitrogens with one attached hydrogen (secondary N) is 1. The number of hydrogen-bond acceptors (Lipinski definition) is 3. The van der Waals surface area contributed by atoms with Gasteiger partial charge in [-0.15, -0.1) is 0 Å². The first-order valence-electron chi connectivity index (χ1n) is 6.61. The van der Waals surface area contributed by atoms with E-state index in [2.05, 4.69) is 5.32 Å². The number of hydrogen-bond donors (Lipinski definition) is 1. The second-order valence-corrected chi connectivity index (χ2v) is 4.66. The molecule has 122 valence electrons. The van der Waals surface area contributed by atoms with Crippen LogP contribution in [-0.4, -0.2) is 18.4 Å². The first kappa shape index (κ1) is 16.6. The summed E-state index contributed by atoms with van der Waals surface area (Å²) < 4.78 is 45.0. The van der Waals surface area contributed by atoms with Crippen molar-refractivity contribution < 1.29 is 27.2 Å². The van der Waals surface area contributed by atoms with Crippen molar-refractivity contribution >= 4 is 17.5 Å². The molecule has 0 bridgehead atoms. The minimum absolute atomic E-state index is 0.0812. The van der Waals surface area contributed by atoms with Crippen molar-refractivity contribution in [2.24, 2.45) is 0 Å². The second-order valence-electron chi connectivity index (χ2n) is 4.66. The SMILES string of the molecule is CC(=O)N(CC(=O)NCc1ccco1)c1ccc(F)c(F)c1F. The van der Waals surface area contributed by atoms with Crippen LogP contribution in [0.5, 0.6) is 0 Å². The summed E-state index contributed by atoms with van der Waals surface area (Å²) in [5, 5.41) is 2.47. The van der Waals surface area contributed by atoms with E-state index in [4.69, 9.17) is 4.42 Å². The van der Waals surface area contributed by atoms with Gasteiger partial charge in [-0.1, -0.05) is 0 Å². The number of benzene rings is 1. The molecule has 1 aromatic carbocycles. The topological polar surface area (TPSA) is 62.6 Å². The lowest BCUT2D eigenvalue weighted by Crippen LogP contribution is -2.40. The first-order valence-corrected chi connectivity index (χ1v) is 6.61. The second kappa shape index (κ2) is 6.99. The van der Waals surface area contributed by atoms with E-state index in [0.717, 1.165) is 17.9 Å². The molecule has 0 radical (unpaired) electrons. The molecule has 8 heteroatoms. The number of nitrogens with zero attached hydrogens (tertiary/aromatic N) is 1. The highest BCUT2D eigenvalue weighted by Gasteiger charge is 2.23. The van der Waals surface area contributed by atoms with Crippen molar-refractivity contribution in [3.8, 4) is 0 Å². The number of anilines is 1. The average Bonchev–Trinajstić information content (AvgIpc) is 3.02. The summed E-state index contributed by atoms with van der Waals surface area (Å²) in [6.07, 6.45) is 1.43. The Morgan fingerprint density at radius 1 is 1.17 bits per heavy atom. The summed E-state index contributed by atoms with van der Waals surface area (Å²) in [4.78, 5) is 24.2. The van der Waals surface area contributed by atoms with Crippen LogP contribution in [0.1, 0.15) is 12.7 Å². The molecule has 0 spiro atoms. The molecule has 0 aliphatic carbocycles. The fraction of sp³-hybridized carbons (Fsp3) is 0.200. The summed E-state index contributed by atoms with van der Waals surface area (Å²) in [5.41, 5.74) is -0.510. The van der Waals surface area contributed by atoms with Gasteiger partial charge in [0.1, 0.15) is 12.3 Å². The number of halogens is 3. The molecule has 0 fully saturated rings. The highest BCUT2D eigenvalue weighted by molar-refractivity contribution is 5.97. The molecular weight excluding hydrogens is 313 g/mol. The number of carbonyl (C=O) groups is 2. The maximum atomic E-state index is 13.8. The van der Waals surface area contributed by atoms with Crippen molar-refractivity contribution in [3.63, 3.8) is 0 Å². The third-order valence-electron chi connectivity index (χ3n) is 3.03. The van der Waals surface area contributed by atoms with E-state index < -0.39 is 41.5 Å². The van der Waals surface area contributed by atoms with Crippen molar-refractivity contribution in [2.75, 3.05) is 11.4 Å². The minimum Gasteiger partial charge on any atom is -0.467 e. The van der Waals surface area contributed by atoms with Gasteiger partial charge in [0.25, 0.3) is 0 Å². The fourth-order valence-electron chi connectivity index (χ4n) is 1.89. The molecule has 0 saturated heterocycles. The molecule has 5 nitrogen and oxygen atoms in total. The Labute approximate surface area is 129 Å². The summed E-state index contributed by atoms with van der Waals surface area (Å²) in [7, 11) is 0. The number of amides is 2. The average molecular weight is 326 g/mol. The van der Waals surface area contributed by atoms with Crippen LogP contribution >= 0.6 is 0 Å². The molecule has 1 heterocycles. The normalized spacial score (nSPS) is 10.4. The van der Waals surface area contributed by atoms with E-state index >= 15 is 0 Å². The van der Waals surface area contributed by atoms with Gasteiger partial charge in [-0.2, -0.15) is 0 Å². The van der Waals surface area contributed by atoms with Crippen LogP contribution in [0.2, 0.25) is 0 Å². The van der Waals surface area contributed by atoms with Crippen LogP contribution in [0.25, 0.3) is 0 Å². The zero-order chi connectivity index (χ0) is 17.0.